The molecule has 32 heavy (non-hydrogen) atoms. The molecule has 7 heteroatoms. The van der Waals surface area contributed by atoms with Crippen LogP contribution in [0.25, 0.3) is 27.8 Å². The lowest BCUT2D eigenvalue weighted by atomic mass is 10.1. The maximum Gasteiger partial charge on any atom is 0.230 e. The van der Waals surface area contributed by atoms with E-state index in [1.54, 1.807) is 6.20 Å². The Labute approximate surface area is 186 Å². The fourth-order valence-electron chi connectivity index (χ4n) is 3.88. The summed E-state index contributed by atoms with van der Waals surface area (Å²) in [5.41, 5.74) is 7.79. The van der Waals surface area contributed by atoms with Crippen LogP contribution in [0.2, 0.25) is 0 Å². The molecule has 158 valence electrons. The molecule has 0 spiro atoms. The van der Waals surface area contributed by atoms with Crippen LogP contribution in [0.1, 0.15) is 22.5 Å². The summed E-state index contributed by atoms with van der Waals surface area (Å²) in [6.07, 6.45) is 3.71. The zero-order chi connectivity index (χ0) is 22.2. The lowest BCUT2D eigenvalue weighted by Crippen LogP contribution is -2.04. The number of rotatable bonds is 4. The summed E-state index contributed by atoms with van der Waals surface area (Å²) >= 11 is 0. The van der Waals surface area contributed by atoms with Crippen molar-refractivity contribution in [3.63, 3.8) is 0 Å². The van der Waals surface area contributed by atoms with Gasteiger partial charge in [-0.25, -0.2) is 24.6 Å². The van der Waals surface area contributed by atoms with E-state index in [9.17, 15) is 0 Å². The number of nitrogens with one attached hydrogen (secondary N) is 1. The van der Waals surface area contributed by atoms with Gasteiger partial charge in [0.05, 0.1) is 28.3 Å². The molecule has 7 nitrogen and oxygen atoms in total. The van der Waals surface area contributed by atoms with Crippen molar-refractivity contribution >= 4 is 22.8 Å². The van der Waals surface area contributed by atoms with Crippen LogP contribution in [0.3, 0.4) is 0 Å². The molecule has 0 aliphatic rings. The Morgan fingerprint density at radius 1 is 0.812 bits per heavy atom. The maximum atomic E-state index is 4.72. The van der Waals surface area contributed by atoms with Gasteiger partial charge in [0.1, 0.15) is 0 Å². The molecule has 0 unspecified atom stereocenters. The van der Waals surface area contributed by atoms with E-state index >= 15 is 0 Å². The number of aromatic nitrogens is 6. The number of hydrogen-bond donors (Lipinski definition) is 1. The molecule has 3 heterocycles. The molecule has 0 amide bonds. The molecule has 5 aromatic rings. The van der Waals surface area contributed by atoms with E-state index in [-0.39, 0.29) is 0 Å². The van der Waals surface area contributed by atoms with Crippen molar-refractivity contribution in [2.24, 2.45) is 0 Å². The SMILES string of the molecule is Cc1cc(C)c2nc(Nc3nccc(-c4cn(-c5ccccc5)nc4C)n3)nc(C)c2c1. The van der Waals surface area contributed by atoms with E-state index in [1.165, 1.54) is 5.56 Å². The number of anilines is 2. The van der Waals surface area contributed by atoms with E-state index in [1.807, 2.05) is 61.1 Å². The molecule has 0 bridgehead atoms. The fourth-order valence-corrected chi connectivity index (χ4v) is 3.88. The van der Waals surface area contributed by atoms with Crippen molar-refractivity contribution in [3.8, 4) is 16.9 Å². The van der Waals surface area contributed by atoms with Crippen molar-refractivity contribution in [1.29, 1.82) is 0 Å². The van der Waals surface area contributed by atoms with Gasteiger partial charge in [0, 0.05) is 23.3 Å². The van der Waals surface area contributed by atoms with Crippen LogP contribution in [0, 0.1) is 27.7 Å². The first-order chi connectivity index (χ1) is 15.5. The molecule has 1 N–H and O–H groups in total. The normalized spacial score (nSPS) is 11.1. The lowest BCUT2D eigenvalue weighted by molar-refractivity contribution is 0.863. The predicted molar refractivity (Wildman–Crippen MR) is 126 cm³/mol. The van der Waals surface area contributed by atoms with Gasteiger partial charge in [-0.05, 0) is 57.5 Å². The Bertz CT molecular complexity index is 1440. The second-order valence-electron chi connectivity index (χ2n) is 7.91. The summed E-state index contributed by atoms with van der Waals surface area (Å²) < 4.78 is 1.86. The summed E-state index contributed by atoms with van der Waals surface area (Å²) in [7, 11) is 0. The van der Waals surface area contributed by atoms with Gasteiger partial charge in [-0.3, -0.25) is 5.32 Å². The highest BCUT2D eigenvalue weighted by molar-refractivity contribution is 5.85. The minimum Gasteiger partial charge on any atom is -0.293 e. The molecular weight excluding hydrogens is 398 g/mol. The van der Waals surface area contributed by atoms with Crippen molar-refractivity contribution in [3.05, 3.63) is 83.4 Å². The van der Waals surface area contributed by atoms with Crippen LogP contribution in [-0.2, 0) is 0 Å². The molecular formula is C25H23N7. The quantitative estimate of drug-likeness (QED) is 0.427. The molecule has 2 aromatic carbocycles. The Balaban J connectivity index is 1.49. The van der Waals surface area contributed by atoms with E-state index in [0.29, 0.717) is 11.9 Å². The third-order valence-corrected chi connectivity index (χ3v) is 5.40. The molecule has 0 aliphatic heterocycles. The largest absolute Gasteiger partial charge is 0.293 e. The molecule has 0 aliphatic carbocycles. The Morgan fingerprint density at radius 2 is 1.62 bits per heavy atom. The lowest BCUT2D eigenvalue weighted by Gasteiger charge is -2.10. The highest BCUT2D eigenvalue weighted by Gasteiger charge is 2.13. The zero-order valence-corrected chi connectivity index (χ0v) is 18.5. The minimum atomic E-state index is 0.442. The van der Waals surface area contributed by atoms with Crippen LogP contribution >= 0.6 is 0 Å². The van der Waals surface area contributed by atoms with Gasteiger partial charge in [0.25, 0.3) is 0 Å². The molecule has 5 rings (SSSR count). The Kier molecular flexibility index (Phi) is 4.86. The van der Waals surface area contributed by atoms with Crippen molar-refractivity contribution in [2.45, 2.75) is 27.7 Å². The van der Waals surface area contributed by atoms with Gasteiger partial charge in [-0.2, -0.15) is 5.10 Å². The van der Waals surface area contributed by atoms with Gasteiger partial charge in [-0.1, -0.05) is 29.8 Å². The number of aryl methyl sites for hydroxylation is 4. The van der Waals surface area contributed by atoms with Crippen LogP contribution in [0.5, 0.6) is 0 Å². The van der Waals surface area contributed by atoms with Crippen LogP contribution in [0.4, 0.5) is 11.9 Å². The minimum absolute atomic E-state index is 0.442. The van der Waals surface area contributed by atoms with E-state index < -0.39 is 0 Å². The molecule has 0 radical (unpaired) electrons. The molecule has 0 fully saturated rings. The van der Waals surface area contributed by atoms with Gasteiger partial charge >= 0.3 is 0 Å². The summed E-state index contributed by atoms with van der Waals surface area (Å²) in [4.78, 5) is 18.4. The highest BCUT2D eigenvalue weighted by atomic mass is 15.3. The van der Waals surface area contributed by atoms with Crippen LogP contribution in [-0.4, -0.2) is 29.7 Å². The van der Waals surface area contributed by atoms with E-state index in [0.717, 1.165) is 44.8 Å². The van der Waals surface area contributed by atoms with Crippen LogP contribution < -0.4 is 5.32 Å². The highest BCUT2D eigenvalue weighted by Crippen LogP contribution is 2.25. The third kappa shape index (κ3) is 3.69. The number of para-hydroxylation sites is 1. The smallest absolute Gasteiger partial charge is 0.230 e. The molecule has 3 aromatic heterocycles. The standard InChI is InChI=1S/C25H23N7/c1-15-12-16(2)23-20(13-15)17(3)27-25(29-23)30-24-26-11-10-22(28-24)21-14-32(31-18(21)4)19-8-6-5-7-9-19/h5-14H,1-4H3,(H,26,27,28,29,30). The number of hydrogen-bond acceptors (Lipinski definition) is 6. The number of benzene rings is 2. The third-order valence-electron chi connectivity index (χ3n) is 5.40. The monoisotopic (exact) mass is 421 g/mol. The molecule has 0 saturated carbocycles. The first-order valence-electron chi connectivity index (χ1n) is 10.5. The summed E-state index contributed by atoms with van der Waals surface area (Å²) in [6, 6.07) is 16.1. The van der Waals surface area contributed by atoms with Crippen LogP contribution in [0.15, 0.2) is 60.9 Å². The first kappa shape index (κ1) is 19.8. The molecule has 0 atom stereocenters. The summed E-state index contributed by atoms with van der Waals surface area (Å²) in [5.74, 6) is 0.925. The predicted octanol–water partition coefficient (Wildman–Crippen LogP) is 5.25. The van der Waals surface area contributed by atoms with Crippen molar-refractivity contribution < 1.29 is 0 Å². The van der Waals surface area contributed by atoms with Crippen molar-refractivity contribution in [2.75, 3.05) is 5.32 Å². The average molecular weight is 422 g/mol. The number of fused-ring (bicyclic) bond motifs is 1. The second kappa shape index (κ2) is 7.85. The Hall–Kier alpha value is -4.13. The summed E-state index contributed by atoms with van der Waals surface area (Å²) in [6.45, 7) is 8.12. The van der Waals surface area contributed by atoms with Gasteiger partial charge in [-0.15, -0.1) is 0 Å². The van der Waals surface area contributed by atoms with Gasteiger partial charge in [0.2, 0.25) is 11.9 Å². The van der Waals surface area contributed by atoms with E-state index in [4.69, 9.17) is 9.97 Å². The summed E-state index contributed by atoms with van der Waals surface area (Å²) in [5, 5.41) is 8.88. The Morgan fingerprint density at radius 3 is 2.44 bits per heavy atom. The zero-order valence-electron chi connectivity index (χ0n) is 18.5. The van der Waals surface area contributed by atoms with Crippen molar-refractivity contribution in [1.82, 2.24) is 29.7 Å². The fraction of sp³-hybridized carbons (Fsp3) is 0.160. The maximum absolute atomic E-state index is 4.72. The van der Waals surface area contributed by atoms with Gasteiger partial charge < -0.3 is 0 Å². The number of nitrogens with zero attached hydrogens (tertiary/aromatic N) is 6. The first-order valence-corrected chi connectivity index (χ1v) is 10.5. The average Bonchev–Trinajstić information content (AvgIpc) is 3.17. The second-order valence-corrected chi connectivity index (χ2v) is 7.91. The topological polar surface area (TPSA) is 81.4 Å². The van der Waals surface area contributed by atoms with Gasteiger partial charge in [0.15, 0.2) is 0 Å². The molecule has 0 saturated heterocycles. The van der Waals surface area contributed by atoms with E-state index in [2.05, 4.69) is 46.4 Å².